The molecule has 3 heterocycles. The van der Waals surface area contributed by atoms with Gasteiger partial charge in [-0.1, -0.05) is 66.9 Å². The molecule has 1 saturated carbocycles. The van der Waals surface area contributed by atoms with Crippen molar-refractivity contribution in [3.8, 4) is 0 Å². The molecule has 3 aliphatic rings. The van der Waals surface area contributed by atoms with Gasteiger partial charge in [-0.2, -0.15) is 0 Å². The molecule has 1 saturated heterocycles. The van der Waals surface area contributed by atoms with Crippen molar-refractivity contribution in [2.75, 3.05) is 19.6 Å². The topological polar surface area (TPSA) is 52.7 Å². The number of aryl methyl sites for hydroxylation is 1. The van der Waals surface area contributed by atoms with Gasteiger partial charge in [-0.05, 0) is 80.3 Å². The highest BCUT2D eigenvalue weighted by Gasteiger charge is 2.47. The zero-order valence-electron chi connectivity index (χ0n) is 22.9. The van der Waals surface area contributed by atoms with E-state index < -0.39 is 0 Å². The Morgan fingerprint density at radius 3 is 2.51 bits per heavy atom. The Bertz CT molecular complexity index is 1290. The zero-order chi connectivity index (χ0) is 26.8. The Balaban J connectivity index is 1.17. The molecule has 2 aliphatic heterocycles. The molecule has 0 spiro atoms. The van der Waals surface area contributed by atoms with E-state index in [1.165, 1.54) is 11.1 Å². The predicted octanol–water partition coefficient (Wildman–Crippen LogP) is 6.31. The second kappa shape index (κ2) is 11.6. The third kappa shape index (κ3) is 5.55. The molecule has 1 aliphatic carbocycles. The van der Waals surface area contributed by atoms with E-state index in [0.29, 0.717) is 18.0 Å². The number of hydrogen-bond acceptors (Lipinski definition) is 4. The van der Waals surface area contributed by atoms with E-state index in [-0.39, 0.29) is 29.8 Å². The number of amides is 2. The third-order valence-electron chi connectivity index (χ3n) is 8.97. The summed E-state index contributed by atoms with van der Waals surface area (Å²) in [5, 5.41) is 5.42. The lowest BCUT2D eigenvalue weighted by Gasteiger charge is -2.44. The van der Waals surface area contributed by atoms with E-state index in [4.69, 9.17) is 0 Å². The van der Waals surface area contributed by atoms with Crippen molar-refractivity contribution in [1.82, 2.24) is 15.1 Å². The van der Waals surface area contributed by atoms with Gasteiger partial charge in [0.25, 0.3) is 5.91 Å². The first-order valence-electron chi connectivity index (χ1n) is 14.6. The van der Waals surface area contributed by atoms with E-state index >= 15 is 0 Å². The fourth-order valence-electron chi connectivity index (χ4n) is 6.95. The molecule has 39 heavy (non-hydrogen) atoms. The predicted molar refractivity (Wildman–Crippen MR) is 157 cm³/mol. The average Bonchev–Trinajstić information content (AvgIpc) is 3.68. The van der Waals surface area contributed by atoms with Crippen molar-refractivity contribution in [2.24, 2.45) is 5.92 Å². The number of hydrogen-bond donors (Lipinski definition) is 1. The van der Waals surface area contributed by atoms with Gasteiger partial charge in [0.2, 0.25) is 5.91 Å². The van der Waals surface area contributed by atoms with E-state index in [0.717, 1.165) is 68.6 Å². The summed E-state index contributed by atoms with van der Waals surface area (Å²) in [5.74, 6) is 0.230. The molecule has 6 rings (SSSR count). The van der Waals surface area contributed by atoms with Crippen LogP contribution in [0.25, 0.3) is 0 Å². The minimum Gasteiger partial charge on any atom is -0.355 e. The SMILES string of the molecule is Cc1cccc(CN2CCC(CNC(=O)[C@@H]3c4ccccc4C(=O)N(C4CCCC4)[C@@H]3c3cccs3)CC2)c1. The number of thiophene rings is 1. The molecule has 2 atom stereocenters. The smallest absolute Gasteiger partial charge is 0.254 e. The highest BCUT2D eigenvalue weighted by atomic mass is 32.1. The number of rotatable bonds is 7. The van der Waals surface area contributed by atoms with Crippen molar-refractivity contribution < 1.29 is 9.59 Å². The molecule has 5 nitrogen and oxygen atoms in total. The summed E-state index contributed by atoms with van der Waals surface area (Å²) in [5.41, 5.74) is 4.25. The van der Waals surface area contributed by atoms with Crippen LogP contribution in [-0.2, 0) is 11.3 Å². The standard InChI is InChI=1S/C33H39N3O2S/c1-23-8-6-9-25(20-23)22-35-17-15-24(16-18-35)21-34-32(37)30-27-12-4-5-13-28(27)33(38)36(26-10-2-3-11-26)31(30)29-14-7-19-39-29/h4-9,12-14,19-20,24,26,30-31H,2-3,10-11,15-18,21-22H2,1H3,(H,34,37)/t30-,31-/m1/s1. The highest BCUT2D eigenvalue weighted by Crippen LogP contribution is 2.47. The second-order valence-electron chi connectivity index (χ2n) is 11.6. The molecule has 0 radical (unpaired) electrons. The van der Waals surface area contributed by atoms with Gasteiger partial charge in [-0.3, -0.25) is 14.5 Å². The molecule has 6 heteroatoms. The monoisotopic (exact) mass is 541 g/mol. The largest absolute Gasteiger partial charge is 0.355 e. The molecular formula is C33H39N3O2S. The van der Waals surface area contributed by atoms with Gasteiger partial charge < -0.3 is 10.2 Å². The molecule has 0 unspecified atom stereocenters. The number of carbonyl (C=O) groups is 2. The summed E-state index contributed by atoms with van der Waals surface area (Å²) in [6.07, 6.45) is 6.51. The molecule has 1 aromatic heterocycles. The Kier molecular flexibility index (Phi) is 7.85. The number of nitrogens with zero attached hydrogens (tertiary/aromatic N) is 2. The minimum atomic E-state index is -0.389. The first kappa shape index (κ1) is 26.3. The van der Waals surface area contributed by atoms with Gasteiger partial charge in [0.15, 0.2) is 0 Å². The van der Waals surface area contributed by atoms with Crippen molar-refractivity contribution >= 4 is 23.2 Å². The maximum absolute atomic E-state index is 14.1. The van der Waals surface area contributed by atoms with Gasteiger partial charge in [0, 0.05) is 29.6 Å². The molecule has 1 N–H and O–H groups in total. The number of likely N-dealkylation sites (tertiary alicyclic amines) is 1. The van der Waals surface area contributed by atoms with Gasteiger partial charge in [-0.25, -0.2) is 0 Å². The van der Waals surface area contributed by atoms with Crippen LogP contribution in [0.3, 0.4) is 0 Å². The third-order valence-corrected chi connectivity index (χ3v) is 9.92. The molecular weight excluding hydrogens is 502 g/mol. The molecule has 2 amide bonds. The molecule has 0 bridgehead atoms. The number of benzene rings is 2. The maximum atomic E-state index is 14.1. The van der Waals surface area contributed by atoms with Crippen LogP contribution in [0.15, 0.2) is 66.0 Å². The van der Waals surface area contributed by atoms with Crippen LogP contribution in [0.5, 0.6) is 0 Å². The Labute approximate surface area is 236 Å². The summed E-state index contributed by atoms with van der Waals surface area (Å²) < 4.78 is 0. The lowest BCUT2D eigenvalue weighted by molar-refractivity contribution is -0.124. The van der Waals surface area contributed by atoms with Crippen LogP contribution in [0, 0.1) is 12.8 Å². The molecule has 204 valence electrons. The Morgan fingerprint density at radius 1 is 0.974 bits per heavy atom. The van der Waals surface area contributed by atoms with Crippen molar-refractivity contribution in [3.63, 3.8) is 0 Å². The second-order valence-corrected chi connectivity index (χ2v) is 12.6. The Morgan fingerprint density at radius 2 is 1.77 bits per heavy atom. The van der Waals surface area contributed by atoms with Crippen LogP contribution in [-0.4, -0.2) is 47.3 Å². The number of nitrogens with one attached hydrogen (secondary N) is 1. The first-order chi connectivity index (χ1) is 19.1. The Hall–Kier alpha value is -2.96. The van der Waals surface area contributed by atoms with Crippen molar-refractivity contribution in [1.29, 1.82) is 0 Å². The minimum absolute atomic E-state index is 0.0542. The van der Waals surface area contributed by atoms with Gasteiger partial charge in [0.05, 0.1) is 12.0 Å². The van der Waals surface area contributed by atoms with Crippen LogP contribution in [0.1, 0.15) is 82.4 Å². The highest BCUT2D eigenvalue weighted by molar-refractivity contribution is 7.10. The number of fused-ring (bicyclic) bond motifs is 1. The summed E-state index contributed by atoms with van der Waals surface area (Å²) in [4.78, 5) is 33.6. The van der Waals surface area contributed by atoms with E-state index in [2.05, 4.69) is 57.8 Å². The maximum Gasteiger partial charge on any atom is 0.254 e. The van der Waals surface area contributed by atoms with E-state index in [1.54, 1.807) is 11.3 Å². The van der Waals surface area contributed by atoms with Gasteiger partial charge in [-0.15, -0.1) is 11.3 Å². The van der Waals surface area contributed by atoms with Crippen LogP contribution >= 0.6 is 11.3 Å². The quantitative estimate of drug-likeness (QED) is 0.382. The summed E-state index contributed by atoms with van der Waals surface area (Å²) in [6.45, 7) is 5.96. The van der Waals surface area contributed by atoms with E-state index in [1.807, 2.05) is 30.3 Å². The van der Waals surface area contributed by atoms with Crippen LogP contribution in [0.2, 0.25) is 0 Å². The van der Waals surface area contributed by atoms with Crippen LogP contribution in [0.4, 0.5) is 0 Å². The fourth-order valence-corrected chi connectivity index (χ4v) is 7.81. The number of carbonyl (C=O) groups excluding carboxylic acids is 2. The summed E-state index contributed by atoms with van der Waals surface area (Å²) in [6, 6.07) is 20.7. The first-order valence-corrected chi connectivity index (χ1v) is 15.5. The summed E-state index contributed by atoms with van der Waals surface area (Å²) >= 11 is 1.66. The summed E-state index contributed by atoms with van der Waals surface area (Å²) in [7, 11) is 0. The number of piperidine rings is 1. The lowest BCUT2D eigenvalue weighted by Crippen LogP contribution is -2.51. The fraction of sp³-hybridized carbons (Fsp3) is 0.455. The lowest BCUT2D eigenvalue weighted by atomic mass is 9.80. The zero-order valence-corrected chi connectivity index (χ0v) is 23.7. The molecule has 2 fully saturated rings. The molecule has 3 aromatic rings. The average molecular weight is 542 g/mol. The normalized spacial score (nSPS) is 22.7. The van der Waals surface area contributed by atoms with E-state index in [9.17, 15) is 9.59 Å². The molecule has 2 aromatic carbocycles. The van der Waals surface area contributed by atoms with Crippen molar-refractivity contribution in [2.45, 2.75) is 70.0 Å². The van der Waals surface area contributed by atoms with Crippen molar-refractivity contribution in [3.05, 3.63) is 93.2 Å². The van der Waals surface area contributed by atoms with Gasteiger partial charge in [0.1, 0.15) is 0 Å². The van der Waals surface area contributed by atoms with Crippen LogP contribution < -0.4 is 5.32 Å². The van der Waals surface area contributed by atoms with Gasteiger partial charge >= 0.3 is 0 Å².